The maximum atomic E-state index is 2.72. The van der Waals surface area contributed by atoms with Crippen LogP contribution in [0.1, 0.15) is 6.42 Å². The van der Waals surface area contributed by atoms with E-state index in [0.29, 0.717) is 0 Å². The van der Waals surface area contributed by atoms with Crippen LogP contribution >= 0.6 is 0 Å². The Bertz CT molecular complexity index is 37.1. The molecular weight excluding hydrogens is 101 g/mol. The van der Waals surface area contributed by atoms with Crippen LogP contribution < -0.4 is 0 Å². The van der Waals surface area contributed by atoms with Gasteiger partial charge in [-0.05, 0) is 0 Å². The van der Waals surface area contributed by atoms with Crippen molar-refractivity contribution >= 4 is 16.3 Å². The summed E-state index contributed by atoms with van der Waals surface area (Å²) in [4.78, 5) is 2.20. The zero-order valence-corrected chi connectivity index (χ0v) is 6.30. The van der Waals surface area contributed by atoms with E-state index in [9.17, 15) is 0 Å². The first-order valence-corrected chi connectivity index (χ1v) is 3.44. The van der Waals surface area contributed by atoms with Gasteiger partial charge in [0.1, 0.15) is 0 Å². The fourth-order valence-electron chi connectivity index (χ4n) is 0.408. The Morgan fingerprint density at radius 1 is 1.43 bits per heavy atom. The molecule has 0 aromatic heterocycles. The fraction of sp³-hybridized carbons (Fsp3) is 1.00. The molecule has 0 heterocycles. The minimum atomic E-state index is 1.21. The first-order chi connectivity index (χ1) is 3.27. The predicted molar refractivity (Wildman–Crippen MR) is 33.7 cm³/mol. The summed E-state index contributed by atoms with van der Waals surface area (Å²) in [7, 11) is 4.20. The normalized spacial score (nSPS) is 10.4. The van der Waals surface area contributed by atoms with Gasteiger partial charge in [0.05, 0.1) is 0 Å². The second-order valence-corrected chi connectivity index (χ2v) is 2.52. The Hall–Kier alpha value is 0.492. The van der Waals surface area contributed by atoms with Gasteiger partial charge < -0.3 is 0 Å². The van der Waals surface area contributed by atoms with Crippen LogP contribution in [0.4, 0.5) is 0 Å². The molecule has 0 aromatic carbocycles. The summed E-state index contributed by atoms with van der Waals surface area (Å²) in [6.45, 7) is 1.21. The molecule has 2 heteroatoms. The molecule has 0 aliphatic rings. The molecule has 0 spiro atoms. The average molecular weight is 113 g/mol. The number of hydrogen-bond donors (Lipinski definition) is 0. The summed E-state index contributed by atoms with van der Waals surface area (Å²) in [5.74, 6) is 0. The summed E-state index contributed by atoms with van der Waals surface area (Å²) in [5, 5.41) is 1.22. The maximum absolute atomic E-state index is 2.72. The van der Waals surface area contributed by atoms with Crippen molar-refractivity contribution in [1.82, 2.24) is 4.90 Å². The molecule has 0 radical (unpaired) electrons. The molecule has 0 fully saturated rings. The minimum absolute atomic E-state index is 1.21. The van der Waals surface area contributed by atoms with Crippen molar-refractivity contribution in [1.29, 1.82) is 0 Å². The van der Waals surface area contributed by atoms with Crippen LogP contribution in [-0.2, 0) is 0 Å². The fourth-order valence-corrected chi connectivity index (χ4v) is 0.590. The monoisotopic (exact) mass is 113 g/mol. The molecule has 1 nitrogen and oxygen atoms in total. The van der Waals surface area contributed by atoms with Crippen LogP contribution in [0, 0.1) is 0 Å². The quantitative estimate of drug-likeness (QED) is 0.482. The van der Waals surface area contributed by atoms with E-state index in [1.165, 1.54) is 18.2 Å². The van der Waals surface area contributed by atoms with Gasteiger partial charge in [-0.3, -0.25) is 0 Å². The van der Waals surface area contributed by atoms with E-state index in [2.05, 4.69) is 35.3 Å². The van der Waals surface area contributed by atoms with Gasteiger partial charge in [0.25, 0.3) is 0 Å². The molecule has 0 aliphatic heterocycles. The third-order valence-corrected chi connectivity index (χ3v) is 1.22. The zero-order chi connectivity index (χ0) is 5.70. The Kier molecular flexibility index (Phi) is 4.97. The molecular formula is C5H12AlN+2. The molecule has 0 N–H and O–H groups in total. The summed E-state index contributed by atoms with van der Waals surface area (Å²) in [6, 6.07) is 0. The third kappa shape index (κ3) is 6.49. The molecule has 0 saturated heterocycles. The van der Waals surface area contributed by atoms with Gasteiger partial charge in [-0.25, -0.2) is 0 Å². The summed E-state index contributed by atoms with van der Waals surface area (Å²) < 4.78 is 0. The molecule has 7 heavy (non-hydrogen) atoms. The van der Waals surface area contributed by atoms with Crippen LogP contribution in [-0.4, -0.2) is 41.8 Å². The van der Waals surface area contributed by atoms with Gasteiger partial charge in [0, 0.05) is 0 Å². The number of nitrogens with zero attached hydrogens (tertiary/aromatic N) is 1. The van der Waals surface area contributed by atoms with Crippen LogP contribution in [0.5, 0.6) is 0 Å². The summed E-state index contributed by atoms with van der Waals surface area (Å²) >= 11 is 2.72. The van der Waals surface area contributed by atoms with Gasteiger partial charge in [0.15, 0.2) is 0 Å². The SMILES string of the molecule is CN(C)CC[CH2][Al+2]. The van der Waals surface area contributed by atoms with Crippen molar-refractivity contribution in [2.24, 2.45) is 0 Å². The van der Waals surface area contributed by atoms with Crippen molar-refractivity contribution < 1.29 is 0 Å². The Balaban J connectivity index is 2.68. The van der Waals surface area contributed by atoms with Crippen LogP contribution in [0.2, 0.25) is 5.28 Å². The van der Waals surface area contributed by atoms with E-state index >= 15 is 0 Å². The summed E-state index contributed by atoms with van der Waals surface area (Å²) in [5.41, 5.74) is 0. The molecule has 0 unspecified atom stereocenters. The number of hydrogen-bond acceptors (Lipinski definition) is 1. The van der Waals surface area contributed by atoms with Gasteiger partial charge >= 0.3 is 53.5 Å². The summed E-state index contributed by atoms with van der Waals surface area (Å²) in [6.07, 6.45) is 1.29. The first-order valence-electron chi connectivity index (χ1n) is 2.62. The Morgan fingerprint density at radius 2 is 2.00 bits per heavy atom. The molecule has 0 aliphatic carbocycles. The second kappa shape index (κ2) is 4.65. The van der Waals surface area contributed by atoms with Crippen molar-refractivity contribution in [2.75, 3.05) is 20.6 Å². The van der Waals surface area contributed by atoms with Crippen molar-refractivity contribution in [3.63, 3.8) is 0 Å². The molecule has 0 amide bonds. The molecule has 0 bridgehead atoms. The van der Waals surface area contributed by atoms with E-state index in [0.717, 1.165) is 0 Å². The average Bonchev–Trinajstić information content (AvgIpc) is 1.61. The topological polar surface area (TPSA) is 3.24 Å². The Labute approximate surface area is 54.1 Å². The van der Waals surface area contributed by atoms with Crippen molar-refractivity contribution in [3.05, 3.63) is 0 Å². The van der Waals surface area contributed by atoms with Gasteiger partial charge in [-0.1, -0.05) is 0 Å². The van der Waals surface area contributed by atoms with Crippen LogP contribution in [0.15, 0.2) is 0 Å². The van der Waals surface area contributed by atoms with Gasteiger partial charge in [-0.15, -0.1) is 0 Å². The van der Waals surface area contributed by atoms with Crippen LogP contribution in [0.25, 0.3) is 0 Å². The van der Waals surface area contributed by atoms with E-state index in [-0.39, 0.29) is 0 Å². The Morgan fingerprint density at radius 3 is 2.14 bits per heavy atom. The predicted octanol–water partition coefficient (Wildman–Crippen LogP) is 0.525. The number of rotatable bonds is 3. The standard InChI is InChI=1S/C5H12N.Al/c1-4-5-6(2)3;/h1,4-5H2,2-3H3;/q;+2. The van der Waals surface area contributed by atoms with Crippen molar-refractivity contribution in [3.8, 4) is 0 Å². The first kappa shape index (κ1) is 7.49. The van der Waals surface area contributed by atoms with E-state index in [1.54, 1.807) is 0 Å². The molecule has 0 saturated carbocycles. The van der Waals surface area contributed by atoms with E-state index < -0.39 is 0 Å². The van der Waals surface area contributed by atoms with Crippen LogP contribution in [0.3, 0.4) is 0 Å². The second-order valence-electron chi connectivity index (χ2n) is 1.95. The van der Waals surface area contributed by atoms with Gasteiger partial charge in [-0.2, -0.15) is 0 Å². The molecule has 0 rings (SSSR count). The molecule has 0 atom stereocenters. The van der Waals surface area contributed by atoms with E-state index in [1.807, 2.05) is 0 Å². The van der Waals surface area contributed by atoms with Crippen molar-refractivity contribution in [2.45, 2.75) is 11.7 Å². The van der Waals surface area contributed by atoms with Gasteiger partial charge in [0.2, 0.25) is 0 Å². The molecule has 0 aromatic rings. The molecule has 38 valence electrons. The van der Waals surface area contributed by atoms with E-state index in [4.69, 9.17) is 0 Å². The zero-order valence-electron chi connectivity index (χ0n) is 5.15. The third-order valence-electron chi connectivity index (χ3n) is 0.809.